The number of nitrogens with one attached hydrogen (secondary N) is 1. The molecule has 6 heteroatoms. The summed E-state index contributed by atoms with van der Waals surface area (Å²) in [4.78, 5) is 14.7. The number of hydrogen-bond acceptors (Lipinski definition) is 5. The number of anilines is 1. The molecule has 0 aliphatic carbocycles. The molecule has 1 N–H and O–H groups in total. The maximum atomic E-state index is 11.1. The van der Waals surface area contributed by atoms with E-state index in [2.05, 4.69) is 17.2 Å². The molecule has 0 spiro atoms. The number of fused-ring (bicyclic) bond motifs is 1. The lowest BCUT2D eigenvalue weighted by Gasteiger charge is -2.10. The molecule has 1 aromatic carbocycles. The summed E-state index contributed by atoms with van der Waals surface area (Å²) >= 11 is 0. The van der Waals surface area contributed by atoms with Gasteiger partial charge in [0.05, 0.1) is 10.3 Å². The van der Waals surface area contributed by atoms with Crippen molar-refractivity contribution in [2.75, 3.05) is 25.1 Å². The normalized spacial score (nSPS) is 10.8. The van der Waals surface area contributed by atoms with Crippen molar-refractivity contribution in [2.45, 2.75) is 26.2 Å². The Hall–Kier alpha value is -2.21. The lowest BCUT2D eigenvalue weighted by Crippen LogP contribution is -2.07. The molecule has 2 aromatic rings. The molecule has 118 valence electrons. The maximum Gasteiger partial charge on any atom is 0.278 e. The van der Waals surface area contributed by atoms with Gasteiger partial charge in [-0.15, -0.1) is 0 Å². The zero-order valence-electron chi connectivity index (χ0n) is 12.7. The minimum absolute atomic E-state index is 0.0801. The van der Waals surface area contributed by atoms with Crippen molar-refractivity contribution in [1.82, 2.24) is 4.98 Å². The van der Waals surface area contributed by atoms with Crippen LogP contribution in [0.4, 0.5) is 11.4 Å². The van der Waals surface area contributed by atoms with E-state index in [1.54, 1.807) is 18.3 Å². The van der Waals surface area contributed by atoms with Crippen LogP contribution in [0.5, 0.6) is 0 Å². The van der Waals surface area contributed by atoms with Gasteiger partial charge in [-0.05, 0) is 25.0 Å². The fourth-order valence-corrected chi connectivity index (χ4v) is 2.23. The summed E-state index contributed by atoms with van der Waals surface area (Å²) in [5, 5.41) is 15.7. The van der Waals surface area contributed by atoms with Gasteiger partial charge in [0, 0.05) is 49.3 Å². The SMILES string of the molecule is CCCCOCCCNc1ccc([N+](=O)[O-])c2cnccc12. The van der Waals surface area contributed by atoms with Crippen LogP contribution in [0.2, 0.25) is 0 Å². The highest BCUT2D eigenvalue weighted by Gasteiger charge is 2.13. The van der Waals surface area contributed by atoms with Crippen LogP contribution in [0.15, 0.2) is 30.6 Å². The van der Waals surface area contributed by atoms with Crippen molar-refractivity contribution in [3.8, 4) is 0 Å². The first kappa shape index (κ1) is 16.2. The largest absolute Gasteiger partial charge is 0.384 e. The van der Waals surface area contributed by atoms with Crippen LogP contribution in [0.25, 0.3) is 10.8 Å². The van der Waals surface area contributed by atoms with Crippen molar-refractivity contribution in [2.24, 2.45) is 0 Å². The van der Waals surface area contributed by atoms with Crippen molar-refractivity contribution >= 4 is 22.1 Å². The molecule has 6 nitrogen and oxygen atoms in total. The molecule has 0 saturated heterocycles. The average Bonchev–Trinajstić information content (AvgIpc) is 2.53. The quantitative estimate of drug-likeness (QED) is 0.433. The summed E-state index contributed by atoms with van der Waals surface area (Å²) < 4.78 is 5.51. The fourth-order valence-electron chi connectivity index (χ4n) is 2.23. The molecule has 0 aliphatic rings. The van der Waals surface area contributed by atoms with Crippen LogP contribution in [0.3, 0.4) is 0 Å². The Morgan fingerprint density at radius 2 is 2.05 bits per heavy atom. The summed E-state index contributed by atoms with van der Waals surface area (Å²) in [7, 11) is 0. The molecule has 0 fully saturated rings. The fraction of sp³-hybridized carbons (Fsp3) is 0.438. The molecule has 0 atom stereocenters. The first-order valence-electron chi connectivity index (χ1n) is 7.56. The van der Waals surface area contributed by atoms with Crippen LogP contribution >= 0.6 is 0 Å². The summed E-state index contributed by atoms with van der Waals surface area (Å²) in [6.07, 6.45) is 6.30. The number of nitrogens with zero attached hydrogens (tertiary/aromatic N) is 2. The van der Waals surface area contributed by atoms with E-state index in [0.717, 1.165) is 50.1 Å². The van der Waals surface area contributed by atoms with E-state index < -0.39 is 0 Å². The molecule has 0 saturated carbocycles. The second-order valence-electron chi connectivity index (χ2n) is 5.06. The molecule has 1 heterocycles. The third kappa shape index (κ3) is 4.14. The van der Waals surface area contributed by atoms with Gasteiger partial charge in [-0.3, -0.25) is 15.1 Å². The van der Waals surface area contributed by atoms with E-state index in [0.29, 0.717) is 5.39 Å². The molecule has 0 radical (unpaired) electrons. The predicted molar refractivity (Wildman–Crippen MR) is 87.2 cm³/mol. The number of unbranched alkanes of at least 4 members (excludes halogenated alkanes) is 1. The second kappa shape index (κ2) is 8.29. The number of benzene rings is 1. The van der Waals surface area contributed by atoms with Gasteiger partial charge >= 0.3 is 0 Å². The van der Waals surface area contributed by atoms with Gasteiger partial charge in [0.25, 0.3) is 5.69 Å². The molecular formula is C16H21N3O3. The Morgan fingerprint density at radius 3 is 2.82 bits per heavy atom. The topological polar surface area (TPSA) is 77.3 Å². The van der Waals surface area contributed by atoms with E-state index in [-0.39, 0.29) is 10.6 Å². The number of aromatic nitrogens is 1. The monoisotopic (exact) mass is 303 g/mol. The summed E-state index contributed by atoms with van der Waals surface area (Å²) in [5.74, 6) is 0. The Morgan fingerprint density at radius 1 is 1.23 bits per heavy atom. The zero-order chi connectivity index (χ0) is 15.8. The first-order chi connectivity index (χ1) is 10.7. The predicted octanol–water partition coefficient (Wildman–Crippen LogP) is 3.76. The van der Waals surface area contributed by atoms with Crippen LogP contribution in [0.1, 0.15) is 26.2 Å². The number of ether oxygens (including phenoxy) is 1. The molecule has 2 rings (SSSR count). The third-order valence-electron chi connectivity index (χ3n) is 3.41. The van der Waals surface area contributed by atoms with Crippen LogP contribution in [-0.4, -0.2) is 29.7 Å². The molecule has 0 aliphatic heterocycles. The zero-order valence-corrected chi connectivity index (χ0v) is 12.7. The lowest BCUT2D eigenvalue weighted by atomic mass is 10.1. The van der Waals surface area contributed by atoms with Gasteiger partial charge in [0.2, 0.25) is 0 Å². The Kier molecular flexibility index (Phi) is 6.09. The van der Waals surface area contributed by atoms with E-state index in [1.807, 2.05) is 0 Å². The second-order valence-corrected chi connectivity index (χ2v) is 5.06. The standard InChI is InChI=1S/C16H21N3O3/c1-2-3-10-22-11-4-8-18-15-5-6-16(19(20)21)14-12-17-9-7-13(14)15/h5-7,9,12,18H,2-4,8,10-11H2,1H3. The number of non-ortho nitro benzene ring substituents is 1. The van der Waals surface area contributed by atoms with Gasteiger partial charge < -0.3 is 10.1 Å². The van der Waals surface area contributed by atoms with Crippen LogP contribution in [0, 0.1) is 10.1 Å². The Balaban J connectivity index is 1.97. The van der Waals surface area contributed by atoms with Gasteiger partial charge in [-0.1, -0.05) is 13.3 Å². The summed E-state index contributed by atoms with van der Waals surface area (Å²) in [5.41, 5.74) is 0.966. The van der Waals surface area contributed by atoms with E-state index in [1.165, 1.54) is 12.3 Å². The van der Waals surface area contributed by atoms with Crippen molar-refractivity contribution in [3.05, 3.63) is 40.7 Å². The highest BCUT2D eigenvalue weighted by Crippen LogP contribution is 2.30. The maximum absolute atomic E-state index is 11.1. The van der Waals surface area contributed by atoms with Gasteiger partial charge in [-0.2, -0.15) is 0 Å². The van der Waals surface area contributed by atoms with Crippen LogP contribution in [-0.2, 0) is 4.74 Å². The lowest BCUT2D eigenvalue weighted by molar-refractivity contribution is -0.383. The molecule has 1 aromatic heterocycles. The highest BCUT2D eigenvalue weighted by molar-refractivity contribution is 5.99. The number of nitro groups is 1. The van der Waals surface area contributed by atoms with Gasteiger partial charge in [-0.25, -0.2) is 0 Å². The first-order valence-corrected chi connectivity index (χ1v) is 7.56. The Labute approximate surface area is 129 Å². The summed E-state index contributed by atoms with van der Waals surface area (Å²) in [6, 6.07) is 5.06. The minimum atomic E-state index is -0.380. The number of hydrogen-bond donors (Lipinski definition) is 1. The Bertz CT molecular complexity index is 631. The smallest absolute Gasteiger partial charge is 0.278 e. The van der Waals surface area contributed by atoms with Crippen LogP contribution < -0.4 is 5.32 Å². The van der Waals surface area contributed by atoms with E-state index in [4.69, 9.17) is 4.74 Å². The van der Waals surface area contributed by atoms with E-state index in [9.17, 15) is 10.1 Å². The molecule has 0 unspecified atom stereocenters. The van der Waals surface area contributed by atoms with Gasteiger partial charge in [0.15, 0.2) is 0 Å². The van der Waals surface area contributed by atoms with E-state index >= 15 is 0 Å². The number of nitro benzene ring substituents is 1. The number of rotatable bonds is 9. The van der Waals surface area contributed by atoms with Gasteiger partial charge in [0.1, 0.15) is 0 Å². The minimum Gasteiger partial charge on any atom is -0.384 e. The summed E-state index contributed by atoms with van der Waals surface area (Å²) in [6.45, 7) is 4.43. The van der Waals surface area contributed by atoms with Crippen molar-refractivity contribution < 1.29 is 9.66 Å². The molecular weight excluding hydrogens is 282 g/mol. The molecule has 22 heavy (non-hydrogen) atoms. The molecule has 0 bridgehead atoms. The average molecular weight is 303 g/mol. The number of pyridine rings is 1. The third-order valence-corrected chi connectivity index (χ3v) is 3.41. The highest BCUT2D eigenvalue weighted by atomic mass is 16.6. The molecule has 0 amide bonds. The van der Waals surface area contributed by atoms with Crippen molar-refractivity contribution in [3.63, 3.8) is 0 Å². The van der Waals surface area contributed by atoms with Crippen molar-refractivity contribution in [1.29, 1.82) is 0 Å².